The van der Waals surface area contributed by atoms with Gasteiger partial charge < -0.3 is 0 Å². The first-order valence-electron chi connectivity index (χ1n) is 6.64. The summed E-state index contributed by atoms with van der Waals surface area (Å²) in [4.78, 5) is 18.2. The summed E-state index contributed by atoms with van der Waals surface area (Å²) in [6.45, 7) is 3.87. The lowest BCUT2D eigenvalue weighted by Gasteiger charge is -2.03. The van der Waals surface area contributed by atoms with E-state index in [1.54, 1.807) is 17.5 Å². The zero-order chi connectivity index (χ0) is 14.1. The van der Waals surface area contributed by atoms with Gasteiger partial charge in [0.1, 0.15) is 0 Å². The zero-order valence-corrected chi connectivity index (χ0v) is 12.3. The van der Waals surface area contributed by atoms with Gasteiger partial charge >= 0.3 is 0 Å². The second-order valence-electron chi connectivity index (χ2n) is 5.09. The summed E-state index contributed by atoms with van der Waals surface area (Å²) in [6, 6.07) is 12.2. The van der Waals surface area contributed by atoms with Crippen LogP contribution >= 0.6 is 11.3 Å². The Morgan fingerprint density at radius 3 is 2.80 bits per heavy atom. The number of carbonyl (C=O) groups is 1. The van der Waals surface area contributed by atoms with Crippen LogP contribution in [0.25, 0.3) is 21.2 Å². The first kappa shape index (κ1) is 13.0. The molecule has 0 bridgehead atoms. The van der Waals surface area contributed by atoms with Crippen molar-refractivity contribution in [3.8, 4) is 10.4 Å². The van der Waals surface area contributed by atoms with Gasteiger partial charge in [0.15, 0.2) is 5.78 Å². The SMILES string of the molecule is CC(C)C(=O)c1ccc(-c2cccc3ccncc23)s1. The number of pyridine rings is 1. The van der Waals surface area contributed by atoms with E-state index in [1.165, 1.54) is 5.39 Å². The number of rotatable bonds is 3. The molecule has 3 heteroatoms. The number of benzene rings is 1. The molecule has 2 nitrogen and oxygen atoms in total. The molecule has 3 rings (SSSR count). The largest absolute Gasteiger partial charge is 0.293 e. The molecule has 0 aliphatic heterocycles. The molecule has 1 aromatic carbocycles. The third-order valence-electron chi connectivity index (χ3n) is 3.32. The van der Waals surface area contributed by atoms with Gasteiger partial charge in [0.05, 0.1) is 4.88 Å². The Morgan fingerprint density at radius 1 is 1.15 bits per heavy atom. The quantitative estimate of drug-likeness (QED) is 0.645. The van der Waals surface area contributed by atoms with Gasteiger partial charge in [-0.25, -0.2) is 0 Å². The molecule has 0 amide bonds. The molecule has 0 fully saturated rings. The van der Waals surface area contributed by atoms with Crippen LogP contribution in [0.15, 0.2) is 48.8 Å². The molecule has 100 valence electrons. The highest BCUT2D eigenvalue weighted by Gasteiger charge is 2.14. The van der Waals surface area contributed by atoms with Gasteiger partial charge in [-0.2, -0.15) is 0 Å². The van der Waals surface area contributed by atoms with E-state index in [0.717, 1.165) is 20.7 Å². The molecule has 0 atom stereocenters. The standard InChI is InChI=1S/C17H15NOS/c1-11(2)17(19)16-7-6-15(20-16)13-5-3-4-12-8-9-18-10-14(12)13/h3-11H,1-2H3. The number of carbonyl (C=O) groups excluding carboxylic acids is 1. The molecule has 0 spiro atoms. The van der Waals surface area contributed by atoms with Crippen LogP contribution in [0, 0.1) is 5.92 Å². The molecule has 2 heterocycles. The minimum absolute atomic E-state index is 0.0377. The van der Waals surface area contributed by atoms with Crippen LogP contribution in [0.5, 0.6) is 0 Å². The highest BCUT2D eigenvalue weighted by molar-refractivity contribution is 7.17. The Morgan fingerprint density at radius 2 is 2.00 bits per heavy atom. The van der Waals surface area contributed by atoms with Gasteiger partial charge in [0.2, 0.25) is 0 Å². The molecule has 0 N–H and O–H groups in total. The monoisotopic (exact) mass is 281 g/mol. The molecule has 3 aromatic rings. The van der Waals surface area contributed by atoms with Gasteiger partial charge in [-0.15, -0.1) is 11.3 Å². The second-order valence-corrected chi connectivity index (χ2v) is 6.17. The van der Waals surface area contributed by atoms with Crippen LogP contribution in [0.2, 0.25) is 0 Å². The maximum Gasteiger partial charge on any atom is 0.175 e. The van der Waals surface area contributed by atoms with Gasteiger partial charge in [0.25, 0.3) is 0 Å². The first-order valence-corrected chi connectivity index (χ1v) is 7.45. The van der Waals surface area contributed by atoms with E-state index in [1.807, 2.05) is 44.3 Å². The van der Waals surface area contributed by atoms with Crippen LogP contribution in [0.4, 0.5) is 0 Å². The van der Waals surface area contributed by atoms with Crippen LogP contribution in [0.3, 0.4) is 0 Å². The maximum absolute atomic E-state index is 12.1. The molecule has 0 saturated carbocycles. The third kappa shape index (κ3) is 2.25. The fourth-order valence-electron chi connectivity index (χ4n) is 2.23. The van der Waals surface area contributed by atoms with Crippen LogP contribution < -0.4 is 0 Å². The highest BCUT2D eigenvalue weighted by Crippen LogP contribution is 2.34. The molecule has 0 saturated heterocycles. The lowest BCUT2D eigenvalue weighted by atomic mass is 10.1. The second kappa shape index (κ2) is 5.17. The number of thiophene rings is 1. The van der Waals surface area contributed by atoms with Crippen molar-refractivity contribution in [3.05, 3.63) is 53.7 Å². The average Bonchev–Trinajstić information content (AvgIpc) is 2.95. The van der Waals surface area contributed by atoms with E-state index in [2.05, 4.69) is 17.1 Å². The van der Waals surface area contributed by atoms with Crippen molar-refractivity contribution < 1.29 is 4.79 Å². The summed E-state index contributed by atoms with van der Waals surface area (Å²) in [7, 11) is 0. The smallest absolute Gasteiger partial charge is 0.175 e. The number of hydrogen-bond acceptors (Lipinski definition) is 3. The normalized spacial score (nSPS) is 11.2. The minimum Gasteiger partial charge on any atom is -0.293 e. The Labute approximate surface area is 122 Å². The van der Waals surface area contributed by atoms with Crippen molar-refractivity contribution in [1.29, 1.82) is 0 Å². The molecule has 0 aliphatic carbocycles. The van der Waals surface area contributed by atoms with E-state index < -0.39 is 0 Å². The van der Waals surface area contributed by atoms with E-state index in [4.69, 9.17) is 0 Å². The predicted molar refractivity (Wildman–Crippen MR) is 84.2 cm³/mol. The Balaban J connectivity index is 2.10. The fourth-order valence-corrected chi connectivity index (χ4v) is 3.36. The third-order valence-corrected chi connectivity index (χ3v) is 4.46. The Hall–Kier alpha value is -2.00. The highest BCUT2D eigenvalue weighted by atomic mass is 32.1. The van der Waals surface area contributed by atoms with Crippen molar-refractivity contribution in [2.24, 2.45) is 5.92 Å². The van der Waals surface area contributed by atoms with Crippen molar-refractivity contribution in [2.45, 2.75) is 13.8 Å². The van der Waals surface area contributed by atoms with E-state index in [-0.39, 0.29) is 11.7 Å². The van der Waals surface area contributed by atoms with Gasteiger partial charge in [-0.05, 0) is 23.6 Å². The molecule has 2 aromatic heterocycles. The van der Waals surface area contributed by atoms with Crippen LogP contribution in [0.1, 0.15) is 23.5 Å². The topological polar surface area (TPSA) is 30.0 Å². The van der Waals surface area contributed by atoms with Gasteiger partial charge in [-0.3, -0.25) is 9.78 Å². The van der Waals surface area contributed by atoms with E-state index in [9.17, 15) is 4.79 Å². The summed E-state index contributed by atoms with van der Waals surface area (Å²) >= 11 is 1.56. The van der Waals surface area contributed by atoms with Crippen molar-refractivity contribution in [3.63, 3.8) is 0 Å². The zero-order valence-electron chi connectivity index (χ0n) is 11.5. The summed E-state index contributed by atoms with van der Waals surface area (Å²) in [5, 5.41) is 2.29. The van der Waals surface area contributed by atoms with Crippen molar-refractivity contribution in [1.82, 2.24) is 4.98 Å². The summed E-state index contributed by atoms with van der Waals surface area (Å²) < 4.78 is 0. The van der Waals surface area contributed by atoms with E-state index in [0.29, 0.717) is 0 Å². The molecule has 0 aliphatic rings. The number of hydrogen-bond donors (Lipinski definition) is 0. The number of ketones is 1. The average molecular weight is 281 g/mol. The minimum atomic E-state index is 0.0377. The number of Topliss-reactive ketones (excluding diaryl/α,β-unsaturated/α-hetero) is 1. The van der Waals surface area contributed by atoms with Gasteiger partial charge in [0, 0.05) is 34.1 Å². The number of aromatic nitrogens is 1. The molecule has 0 radical (unpaired) electrons. The maximum atomic E-state index is 12.1. The van der Waals surface area contributed by atoms with Crippen LogP contribution in [-0.4, -0.2) is 10.8 Å². The fraction of sp³-hybridized carbons (Fsp3) is 0.176. The van der Waals surface area contributed by atoms with Crippen molar-refractivity contribution in [2.75, 3.05) is 0 Å². The number of fused-ring (bicyclic) bond motifs is 1. The lowest BCUT2D eigenvalue weighted by molar-refractivity contribution is 0.0943. The molecular formula is C17H15NOS. The lowest BCUT2D eigenvalue weighted by Crippen LogP contribution is -2.04. The first-order chi connectivity index (χ1) is 9.66. The molecular weight excluding hydrogens is 266 g/mol. The molecule has 20 heavy (non-hydrogen) atoms. The predicted octanol–water partition coefficient (Wildman–Crippen LogP) is 4.80. The van der Waals surface area contributed by atoms with Crippen molar-refractivity contribution >= 4 is 27.9 Å². The Bertz CT molecular complexity index is 768. The Kier molecular flexibility index (Phi) is 3.36. The van der Waals surface area contributed by atoms with Crippen LogP contribution in [-0.2, 0) is 0 Å². The van der Waals surface area contributed by atoms with E-state index >= 15 is 0 Å². The summed E-state index contributed by atoms with van der Waals surface area (Å²) in [5.74, 6) is 0.246. The molecule has 0 unspecified atom stereocenters. The number of nitrogens with zero attached hydrogens (tertiary/aromatic N) is 1. The summed E-state index contributed by atoms with van der Waals surface area (Å²) in [6.07, 6.45) is 3.68. The summed E-state index contributed by atoms with van der Waals surface area (Å²) in [5.41, 5.74) is 1.14. The van der Waals surface area contributed by atoms with Gasteiger partial charge in [-0.1, -0.05) is 32.0 Å².